The van der Waals surface area contributed by atoms with Gasteiger partial charge in [-0.1, -0.05) is 31.7 Å². The fourth-order valence-electron chi connectivity index (χ4n) is 12.4. The van der Waals surface area contributed by atoms with Crippen molar-refractivity contribution in [3.05, 3.63) is 74.2 Å². The van der Waals surface area contributed by atoms with Crippen LogP contribution in [-0.2, 0) is 49.1 Å². The number of carbonyl (C=O) groups is 3. The minimum absolute atomic E-state index is 0. The fraction of sp³-hybridized carbons (Fsp3) is 0.661. The van der Waals surface area contributed by atoms with Gasteiger partial charge >= 0.3 is 18.4 Å². The highest BCUT2D eigenvalue weighted by molar-refractivity contribution is 7.92. The van der Waals surface area contributed by atoms with Crippen LogP contribution in [-0.4, -0.2) is 110 Å². The van der Waals surface area contributed by atoms with Crippen LogP contribution < -0.4 is 27.4 Å². The summed E-state index contributed by atoms with van der Waals surface area (Å²) < 4.78 is 131. The number of amides is 4. The van der Waals surface area contributed by atoms with Gasteiger partial charge in [-0.05, 0) is 186 Å². The molecular formula is C56H81F6N9O7S2. The number of hydrogen-bond donors (Lipinski definition) is 5. The molecule has 2 aromatic rings. The molecule has 0 aromatic heterocycles. The van der Waals surface area contributed by atoms with Gasteiger partial charge in [0.1, 0.15) is 22.7 Å². The molecule has 0 radical (unpaired) electrons. The van der Waals surface area contributed by atoms with Gasteiger partial charge in [0.05, 0.1) is 5.75 Å². The van der Waals surface area contributed by atoms with E-state index in [4.69, 9.17) is 21.5 Å². The Labute approximate surface area is 467 Å². The number of carbonyl (C=O) groups excluding carboxylic acids is 3. The quantitative estimate of drug-likeness (QED) is 0.101. The van der Waals surface area contributed by atoms with Crippen LogP contribution in [0.5, 0.6) is 0 Å². The zero-order valence-corrected chi connectivity index (χ0v) is 47.3. The Morgan fingerprint density at radius 2 is 1.10 bits per heavy atom. The average Bonchev–Trinajstić information content (AvgIpc) is 3.88. The number of benzene rings is 2. The van der Waals surface area contributed by atoms with Crippen molar-refractivity contribution < 1.29 is 57.6 Å². The lowest BCUT2D eigenvalue weighted by Gasteiger charge is -2.34. The summed E-state index contributed by atoms with van der Waals surface area (Å²) >= 11 is 0. The van der Waals surface area contributed by atoms with Gasteiger partial charge in [0, 0.05) is 69.4 Å². The van der Waals surface area contributed by atoms with Crippen molar-refractivity contribution in [2.45, 2.75) is 181 Å². The van der Waals surface area contributed by atoms with Crippen LogP contribution in [0.3, 0.4) is 0 Å². The summed E-state index contributed by atoms with van der Waals surface area (Å²) in [5.74, 6) is 0.900. The molecule has 6 aliphatic rings. The second-order valence-corrected chi connectivity index (χ2v) is 26.6. The van der Waals surface area contributed by atoms with Gasteiger partial charge in [0.25, 0.3) is 11.8 Å². The highest BCUT2D eigenvalue weighted by Gasteiger charge is 2.50. The van der Waals surface area contributed by atoms with E-state index in [0.29, 0.717) is 108 Å². The predicted molar refractivity (Wildman–Crippen MR) is 298 cm³/mol. The average molecular weight is 1170 g/mol. The number of aliphatic imine (C=N–C) groups is 2. The zero-order valence-electron chi connectivity index (χ0n) is 45.6. The second-order valence-electron chi connectivity index (χ2n) is 22.7. The predicted octanol–water partition coefficient (Wildman–Crippen LogP) is 9.07. The molecule has 0 atom stereocenters. The summed E-state index contributed by atoms with van der Waals surface area (Å²) in [4.78, 5) is 46.5. The van der Waals surface area contributed by atoms with Crippen LogP contribution in [0.25, 0.3) is 6.08 Å². The van der Waals surface area contributed by atoms with Gasteiger partial charge in [-0.2, -0.15) is 30.6 Å². The maximum atomic E-state index is 13.2. The lowest BCUT2D eigenvalue weighted by Crippen LogP contribution is -2.51. The zero-order chi connectivity index (χ0) is 57.7. The van der Waals surface area contributed by atoms with Crippen molar-refractivity contribution in [1.82, 2.24) is 24.6 Å². The maximum absolute atomic E-state index is 13.2. The topological polar surface area (TPSA) is 239 Å². The molecule has 2 aliphatic carbocycles. The number of alkyl halides is 6. The van der Waals surface area contributed by atoms with Crippen LogP contribution in [0.2, 0.25) is 0 Å². The molecule has 4 amide bonds. The standard InChI is InChI=1S/C28H40F3N5O4S.C27H37F3N4O3S.CH4/c1-18-15-21(17-33-26(32)38)16-19(2)23(18)8-14-41(39,40)36-12-10-27(11-13-36)25(37)34-24(35-27)22-5-3-20(4-6-22)7-9-28(29,30)31;1-18-15-21(17-31)16-19(2)23(18)8-14-38(36,37)34-12-10-26(11-13-34)25(35)32-24(33-26)22-5-3-20(4-6-22)7-9-27(28,29)30;/h15-16,20,22H,3-14,17H2,1-2H3,(H3,32,33,38)(H,34,35,37);8,14-16,20,22H,3-7,9-13,17,31H2,1-2H3,(H,32,33,35);1H4/b;14-8+;. The molecule has 2 saturated carbocycles. The number of primary amides is 1. The van der Waals surface area contributed by atoms with E-state index >= 15 is 0 Å². The summed E-state index contributed by atoms with van der Waals surface area (Å²) in [5, 5.41) is 9.62. The molecule has 8 rings (SSSR count). The van der Waals surface area contributed by atoms with Crippen LogP contribution >= 0.6 is 0 Å². The summed E-state index contributed by atoms with van der Waals surface area (Å²) in [6, 6.07) is 7.12. The van der Waals surface area contributed by atoms with Crippen molar-refractivity contribution in [3.63, 3.8) is 0 Å². The smallest absolute Gasteiger partial charge is 0.352 e. The lowest BCUT2D eigenvalue weighted by atomic mass is 9.79. The molecule has 4 heterocycles. The molecule has 80 heavy (non-hydrogen) atoms. The van der Waals surface area contributed by atoms with Gasteiger partial charge in [-0.3, -0.25) is 19.6 Å². The Kier molecular flexibility index (Phi) is 21.0. The van der Waals surface area contributed by atoms with Crippen LogP contribution in [0, 0.1) is 51.4 Å². The molecule has 446 valence electrons. The first-order chi connectivity index (χ1) is 37.0. The van der Waals surface area contributed by atoms with E-state index in [0.717, 1.165) is 44.5 Å². The monoisotopic (exact) mass is 1170 g/mol. The molecule has 2 saturated heterocycles. The lowest BCUT2D eigenvalue weighted by molar-refractivity contribution is -0.139. The van der Waals surface area contributed by atoms with E-state index in [9.17, 15) is 57.6 Å². The van der Waals surface area contributed by atoms with Gasteiger partial charge < -0.3 is 27.4 Å². The first-order valence-corrected chi connectivity index (χ1v) is 30.6. The molecule has 0 unspecified atom stereocenters. The van der Waals surface area contributed by atoms with Crippen LogP contribution in [0.1, 0.15) is 155 Å². The van der Waals surface area contributed by atoms with Gasteiger partial charge in [0.15, 0.2) is 0 Å². The summed E-state index contributed by atoms with van der Waals surface area (Å²) in [6.07, 6.45) is -0.813. The number of aryl methyl sites for hydroxylation is 4. The van der Waals surface area contributed by atoms with Crippen molar-refractivity contribution in [1.29, 1.82) is 0 Å². The van der Waals surface area contributed by atoms with Gasteiger partial charge in [0.2, 0.25) is 20.0 Å². The van der Waals surface area contributed by atoms with Crippen molar-refractivity contribution in [2.75, 3.05) is 31.9 Å². The molecule has 0 bridgehead atoms. The van der Waals surface area contributed by atoms with Crippen molar-refractivity contribution >= 4 is 55.6 Å². The van der Waals surface area contributed by atoms with Crippen molar-refractivity contribution in [3.8, 4) is 0 Å². The number of piperidine rings is 2. The Bertz CT molecular complexity index is 2830. The third-order valence-corrected chi connectivity index (χ3v) is 20.6. The van der Waals surface area contributed by atoms with Crippen LogP contribution in [0.4, 0.5) is 31.1 Å². The largest absolute Gasteiger partial charge is 0.389 e. The van der Waals surface area contributed by atoms with E-state index < -0.39 is 62.3 Å². The summed E-state index contributed by atoms with van der Waals surface area (Å²) in [6.45, 7) is 9.16. The highest BCUT2D eigenvalue weighted by Crippen LogP contribution is 2.41. The van der Waals surface area contributed by atoms with Gasteiger partial charge in [-0.15, -0.1) is 0 Å². The van der Waals surface area contributed by atoms with E-state index in [1.165, 1.54) is 14.0 Å². The Morgan fingerprint density at radius 1 is 0.688 bits per heavy atom. The molecule has 4 fully saturated rings. The Morgan fingerprint density at radius 3 is 1.50 bits per heavy atom. The number of nitrogens with one attached hydrogen (secondary N) is 3. The number of rotatable bonds is 16. The third kappa shape index (κ3) is 16.4. The Balaban J connectivity index is 0.000000256. The van der Waals surface area contributed by atoms with E-state index in [1.807, 2.05) is 52.0 Å². The molecule has 2 aromatic carbocycles. The molecule has 4 aliphatic heterocycles. The van der Waals surface area contributed by atoms with E-state index in [2.05, 4.69) is 16.0 Å². The fourth-order valence-corrected chi connectivity index (χ4v) is 15.0. The number of hydrogen-bond acceptors (Lipinski definition) is 10. The summed E-state index contributed by atoms with van der Waals surface area (Å²) in [5.41, 5.74) is 16.4. The number of urea groups is 1. The highest BCUT2D eigenvalue weighted by atomic mass is 32.2. The number of amidine groups is 2. The minimum atomic E-state index is -4.13. The number of nitrogens with two attached hydrogens (primary N) is 2. The van der Waals surface area contributed by atoms with Gasteiger partial charge in [-0.25, -0.2) is 25.9 Å². The second kappa shape index (κ2) is 26.1. The minimum Gasteiger partial charge on any atom is -0.352 e. The molecule has 7 N–H and O–H groups in total. The molecule has 24 heteroatoms. The Hall–Kier alpha value is -4.91. The summed E-state index contributed by atoms with van der Waals surface area (Å²) in [7, 11) is -7.25. The maximum Gasteiger partial charge on any atom is 0.389 e. The molecular weight excluding hydrogens is 1090 g/mol. The number of halogens is 6. The first-order valence-electron chi connectivity index (χ1n) is 27.5. The third-order valence-electron chi connectivity index (χ3n) is 17.1. The van der Waals surface area contributed by atoms with E-state index in [-0.39, 0.29) is 87.7 Å². The number of nitrogens with zero attached hydrogens (tertiary/aromatic N) is 4. The van der Waals surface area contributed by atoms with E-state index in [1.54, 1.807) is 6.08 Å². The number of sulfonamides is 2. The van der Waals surface area contributed by atoms with Crippen molar-refractivity contribution in [2.24, 2.45) is 45.1 Å². The molecule has 2 spiro atoms. The first kappa shape index (κ1) is 64.3. The normalized spacial score (nSPS) is 23.7. The molecule has 16 nitrogen and oxygen atoms in total. The van der Waals surface area contributed by atoms with Crippen LogP contribution in [0.15, 0.2) is 39.7 Å². The SMILES string of the molecule is C.Cc1cc(CN)cc(C)c1/C=C/S(=O)(=O)N1CCC2(CC1)N=C(C1CCC(CCC(F)(F)F)CC1)NC2=O.Cc1cc(CNC(N)=O)cc(C)c1CCS(=O)(=O)N1CCC2(CC1)N=C(C1CCC(CCC(F)(F)F)CC1)NC2=O.